The van der Waals surface area contributed by atoms with Gasteiger partial charge in [0.2, 0.25) is 0 Å². The number of fused-ring (bicyclic) bond motifs is 1. The molecule has 11 heteroatoms. The lowest BCUT2D eigenvalue weighted by atomic mass is 10.0. The molecule has 0 N–H and O–H groups in total. The standard InChI is InChI=1S/C23H22F3N7O/c1-13-4-5-16(21-27-6-3-7-28-21)20(31-13)22(34)33-12-15-8-14(15)9-19(33)32(2)18-11-29-17(10-30-18)23(24,25)26/h3-7,10-11,14-15,19H,8-9,12H2,1-2H3. The van der Waals surface area contributed by atoms with Crippen molar-refractivity contribution < 1.29 is 18.0 Å². The average Bonchev–Trinajstić information content (AvgIpc) is 3.61. The van der Waals surface area contributed by atoms with Gasteiger partial charge in [-0.2, -0.15) is 13.2 Å². The van der Waals surface area contributed by atoms with E-state index in [1.54, 1.807) is 54.4 Å². The molecule has 5 rings (SSSR count). The lowest BCUT2D eigenvalue weighted by Crippen LogP contribution is -2.53. The van der Waals surface area contributed by atoms with Crippen molar-refractivity contribution in [2.24, 2.45) is 11.8 Å². The normalized spacial score (nSPS) is 21.7. The van der Waals surface area contributed by atoms with Gasteiger partial charge in [0.25, 0.3) is 5.91 Å². The third-order valence-electron chi connectivity index (χ3n) is 6.42. The van der Waals surface area contributed by atoms with Crippen molar-refractivity contribution in [1.29, 1.82) is 0 Å². The molecule has 1 saturated carbocycles. The zero-order valence-electron chi connectivity index (χ0n) is 18.6. The second-order valence-electron chi connectivity index (χ2n) is 8.72. The Balaban J connectivity index is 1.48. The minimum absolute atomic E-state index is 0.252. The molecule has 3 aromatic rings. The SMILES string of the molecule is Cc1ccc(-c2ncccn2)c(C(=O)N2CC3CC3CC2N(C)c2cnc(C(F)(F)F)cn2)n1. The molecule has 2 aliphatic rings. The number of carbonyl (C=O) groups excluding carboxylic acids is 1. The number of likely N-dealkylation sites (tertiary alicyclic amines) is 1. The summed E-state index contributed by atoms with van der Waals surface area (Å²) in [5.74, 6) is 1.28. The lowest BCUT2D eigenvalue weighted by Gasteiger charge is -2.41. The highest BCUT2D eigenvalue weighted by Gasteiger charge is 2.49. The molecule has 1 aliphatic heterocycles. The molecule has 0 bridgehead atoms. The zero-order valence-corrected chi connectivity index (χ0v) is 18.6. The van der Waals surface area contributed by atoms with Crippen LogP contribution >= 0.6 is 0 Å². The number of anilines is 1. The van der Waals surface area contributed by atoms with E-state index in [9.17, 15) is 18.0 Å². The van der Waals surface area contributed by atoms with E-state index in [1.165, 1.54) is 0 Å². The van der Waals surface area contributed by atoms with Gasteiger partial charge in [-0.25, -0.2) is 24.9 Å². The summed E-state index contributed by atoms with van der Waals surface area (Å²) in [4.78, 5) is 37.9. The first kappa shape index (κ1) is 22.2. The third kappa shape index (κ3) is 4.17. The number of carbonyl (C=O) groups is 1. The molecule has 1 aliphatic carbocycles. The number of pyridine rings is 1. The number of nitrogens with zero attached hydrogens (tertiary/aromatic N) is 7. The van der Waals surface area contributed by atoms with E-state index in [1.807, 2.05) is 0 Å². The van der Waals surface area contributed by atoms with E-state index in [-0.39, 0.29) is 17.4 Å². The van der Waals surface area contributed by atoms with Crippen molar-refractivity contribution in [2.45, 2.75) is 32.1 Å². The Hall–Kier alpha value is -3.63. The molecule has 2 fully saturated rings. The highest BCUT2D eigenvalue weighted by atomic mass is 19.4. The summed E-state index contributed by atoms with van der Waals surface area (Å²) in [6, 6.07) is 5.28. The molecular weight excluding hydrogens is 447 g/mol. The van der Waals surface area contributed by atoms with Crippen LogP contribution in [0, 0.1) is 18.8 Å². The van der Waals surface area contributed by atoms with Crippen LogP contribution in [0.3, 0.4) is 0 Å². The van der Waals surface area contributed by atoms with E-state index >= 15 is 0 Å². The summed E-state index contributed by atoms with van der Waals surface area (Å²) >= 11 is 0. The predicted octanol–water partition coefficient (Wildman–Crippen LogP) is 3.60. The zero-order chi connectivity index (χ0) is 24.0. The van der Waals surface area contributed by atoms with E-state index < -0.39 is 18.0 Å². The highest BCUT2D eigenvalue weighted by Crippen LogP contribution is 2.48. The Labute approximate surface area is 193 Å². The maximum Gasteiger partial charge on any atom is 0.434 e. The summed E-state index contributed by atoms with van der Waals surface area (Å²) in [6.07, 6.45) is 1.77. The van der Waals surface area contributed by atoms with Crippen LogP contribution < -0.4 is 4.90 Å². The first-order valence-corrected chi connectivity index (χ1v) is 10.9. The Bertz CT molecular complexity index is 1200. The largest absolute Gasteiger partial charge is 0.434 e. The monoisotopic (exact) mass is 469 g/mol. The molecule has 176 valence electrons. The van der Waals surface area contributed by atoms with Gasteiger partial charge in [-0.3, -0.25) is 4.79 Å². The lowest BCUT2D eigenvalue weighted by molar-refractivity contribution is -0.141. The molecule has 3 unspecified atom stereocenters. The number of alkyl halides is 3. The van der Waals surface area contributed by atoms with Crippen molar-refractivity contribution in [2.75, 3.05) is 18.5 Å². The van der Waals surface area contributed by atoms with Crippen LogP contribution in [0.1, 0.15) is 34.7 Å². The predicted molar refractivity (Wildman–Crippen MR) is 116 cm³/mol. The first-order chi connectivity index (χ1) is 16.2. The number of hydrogen-bond acceptors (Lipinski definition) is 7. The molecule has 0 spiro atoms. The van der Waals surface area contributed by atoms with Gasteiger partial charge in [0.05, 0.1) is 18.0 Å². The maximum atomic E-state index is 13.8. The molecule has 1 saturated heterocycles. The summed E-state index contributed by atoms with van der Waals surface area (Å²) < 4.78 is 38.7. The molecule has 1 amide bonds. The smallest absolute Gasteiger partial charge is 0.338 e. The molecule has 8 nitrogen and oxygen atoms in total. The van der Waals surface area contributed by atoms with Crippen LogP contribution in [-0.4, -0.2) is 55.5 Å². The minimum atomic E-state index is -4.56. The van der Waals surface area contributed by atoms with E-state index in [4.69, 9.17) is 0 Å². The maximum absolute atomic E-state index is 13.8. The summed E-state index contributed by atoms with van der Waals surface area (Å²) in [6.45, 7) is 2.35. The van der Waals surface area contributed by atoms with Crippen molar-refractivity contribution in [3.63, 3.8) is 0 Å². The summed E-state index contributed by atoms with van der Waals surface area (Å²) in [5, 5.41) is 0. The van der Waals surface area contributed by atoms with Gasteiger partial charge < -0.3 is 9.80 Å². The van der Waals surface area contributed by atoms with Crippen molar-refractivity contribution in [1.82, 2.24) is 29.8 Å². The number of rotatable bonds is 4. The Morgan fingerprint density at radius 1 is 1.06 bits per heavy atom. The minimum Gasteiger partial charge on any atom is -0.338 e. The number of hydrogen-bond donors (Lipinski definition) is 0. The quantitative estimate of drug-likeness (QED) is 0.577. The molecular formula is C23H22F3N7O. The van der Waals surface area contributed by atoms with Gasteiger partial charge in [0.15, 0.2) is 11.5 Å². The van der Waals surface area contributed by atoms with E-state index in [0.717, 1.165) is 12.6 Å². The second kappa shape index (κ2) is 8.30. The summed E-state index contributed by atoms with van der Waals surface area (Å²) in [5.41, 5.74) is 0.412. The fourth-order valence-electron chi connectivity index (χ4n) is 4.46. The van der Waals surface area contributed by atoms with E-state index in [2.05, 4.69) is 24.9 Å². The third-order valence-corrected chi connectivity index (χ3v) is 6.42. The van der Waals surface area contributed by atoms with Crippen LogP contribution in [-0.2, 0) is 6.18 Å². The van der Waals surface area contributed by atoms with Crippen LogP contribution in [0.5, 0.6) is 0 Å². The summed E-state index contributed by atoms with van der Waals surface area (Å²) in [7, 11) is 1.72. The number of piperidine rings is 1. The fourth-order valence-corrected chi connectivity index (χ4v) is 4.46. The molecule has 0 aromatic carbocycles. The average molecular weight is 469 g/mol. The molecule has 4 heterocycles. The number of aryl methyl sites for hydroxylation is 1. The van der Waals surface area contributed by atoms with Crippen LogP contribution in [0.2, 0.25) is 0 Å². The topological polar surface area (TPSA) is 88.0 Å². The van der Waals surface area contributed by atoms with Crippen molar-refractivity contribution in [3.8, 4) is 11.4 Å². The first-order valence-electron chi connectivity index (χ1n) is 10.9. The number of aromatic nitrogens is 5. The fraction of sp³-hybridized carbons (Fsp3) is 0.391. The van der Waals surface area contributed by atoms with Gasteiger partial charge in [0.1, 0.15) is 17.7 Å². The Morgan fingerprint density at radius 2 is 1.82 bits per heavy atom. The van der Waals surface area contributed by atoms with E-state index in [0.29, 0.717) is 48.1 Å². The van der Waals surface area contributed by atoms with Crippen LogP contribution in [0.25, 0.3) is 11.4 Å². The highest BCUT2D eigenvalue weighted by molar-refractivity contribution is 5.98. The van der Waals surface area contributed by atoms with Gasteiger partial charge >= 0.3 is 6.18 Å². The van der Waals surface area contributed by atoms with Crippen molar-refractivity contribution in [3.05, 3.63) is 60.1 Å². The Kier molecular flexibility index (Phi) is 5.41. The van der Waals surface area contributed by atoms with Gasteiger partial charge in [-0.1, -0.05) is 0 Å². The van der Waals surface area contributed by atoms with Gasteiger partial charge in [-0.15, -0.1) is 0 Å². The van der Waals surface area contributed by atoms with Crippen LogP contribution in [0.4, 0.5) is 19.0 Å². The molecule has 3 aromatic heterocycles. The van der Waals surface area contributed by atoms with Crippen LogP contribution in [0.15, 0.2) is 43.0 Å². The van der Waals surface area contributed by atoms with Gasteiger partial charge in [0, 0.05) is 31.7 Å². The molecule has 3 atom stereocenters. The number of halogens is 3. The Morgan fingerprint density at radius 3 is 2.50 bits per heavy atom. The second-order valence-corrected chi connectivity index (χ2v) is 8.72. The van der Waals surface area contributed by atoms with Crippen molar-refractivity contribution >= 4 is 11.7 Å². The number of amides is 1. The molecule has 34 heavy (non-hydrogen) atoms. The van der Waals surface area contributed by atoms with Gasteiger partial charge in [-0.05, 0) is 49.8 Å². The molecule has 0 radical (unpaired) electrons.